The van der Waals surface area contributed by atoms with Gasteiger partial charge in [-0.2, -0.15) is 0 Å². The van der Waals surface area contributed by atoms with Gasteiger partial charge in [0.25, 0.3) is 0 Å². The molecule has 0 aromatic heterocycles. The number of para-hydroxylation sites is 1. The zero-order valence-corrected chi connectivity index (χ0v) is 11.0. The summed E-state index contributed by atoms with van der Waals surface area (Å²) in [6.45, 7) is 3.86. The van der Waals surface area contributed by atoms with E-state index in [1.54, 1.807) is 18.2 Å². The van der Waals surface area contributed by atoms with Gasteiger partial charge in [0.15, 0.2) is 6.23 Å². The van der Waals surface area contributed by atoms with Crippen LogP contribution < -0.4 is 10.1 Å². The molecular weight excluding hydrogens is 246 g/mol. The first-order chi connectivity index (χ1) is 9.05. The lowest BCUT2D eigenvalue weighted by molar-refractivity contribution is -0.161. The van der Waals surface area contributed by atoms with Crippen LogP contribution in [0.5, 0.6) is 5.75 Å². The number of carbonyl (C=O) groups excluding carboxylic acids is 1. The van der Waals surface area contributed by atoms with E-state index >= 15 is 0 Å². The number of carboxylic acids is 1. The fourth-order valence-corrected chi connectivity index (χ4v) is 2.40. The van der Waals surface area contributed by atoms with Gasteiger partial charge >= 0.3 is 5.97 Å². The molecule has 0 aliphatic carbocycles. The van der Waals surface area contributed by atoms with E-state index in [1.807, 2.05) is 13.8 Å². The van der Waals surface area contributed by atoms with E-state index in [0.717, 1.165) is 0 Å². The van der Waals surface area contributed by atoms with Crippen molar-refractivity contribution in [2.75, 3.05) is 0 Å². The van der Waals surface area contributed by atoms with Crippen LogP contribution in [0.3, 0.4) is 0 Å². The lowest BCUT2D eigenvalue weighted by Crippen LogP contribution is -2.69. The fourth-order valence-electron chi connectivity index (χ4n) is 2.40. The normalized spacial score (nSPS) is 20.3. The van der Waals surface area contributed by atoms with Crippen LogP contribution in [0.4, 0.5) is 0 Å². The van der Waals surface area contributed by atoms with Gasteiger partial charge < -0.3 is 15.2 Å². The summed E-state index contributed by atoms with van der Waals surface area (Å²) < 4.78 is 5.70. The predicted octanol–water partition coefficient (Wildman–Crippen LogP) is 2.03. The second kappa shape index (κ2) is 4.91. The number of nitrogens with one attached hydrogen (secondary N) is 1. The highest BCUT2D eigenvalue weighted by atomic mass is 16.5. The average Bonchev–Trinajstić information content (AvgIpc) is 2.40. The lowest BCUT2D eigenvalue weighted by atomic mass is 9.73. The van der Waals surface area contributed by atoms with Gasteiger partial charge in [-0.15, -0.1) is 0 Å². The van der Waals surface area contributed by atoms with Crippen LogP contribution in [0, 0.1) is 5.41 Å². The van der Waals surface area contributed by atoms with Gasteiger partial charge in [0.2, 0.25) is 5.91 Å². The first-order valence-corrected chi connectivity index (χ1v) is 6.35. The molecule has 0 spiro atoms. The van der Waals surface area contributed by atoms with Crippen molar-refractivity contribution >= 4 is 11.9 Å². The standard InChI is InChI=1S/C14H17NO4/c1-3-14(4-2)12(18)15-13(14)19-10-8-6-5-7-9(10)11(16)17/h5-8,13H,3-4H2,1-2H3,(H,15,18)(H,16,17)/t13-/m0/s1. The molecule has 1 amide bonds. The molecule has 1 heterocycles. The van der Waals surface area contributed by atoms with Gasteiger partial charge in [0, 0.05) is 0 Å². The summed E-state index contributed by atoms with van der Waals surface area (Å²) >= 11 is 0. The maximum atomic E-state index is 11.7. The Morgan fingerprint density at radius 2 is 2.00 bits per heavy atom. The number of benzene rings is 1. The quantitative estimate of drug-likeness (QED) is 0.797. The predicted molar refractivity (Wildman–Crippen MR) is 69.0 cm³/mol. The number of hydrogen-bond donors (Lipinski definition) is 2. The van der Waals surface area contributed by atoms with Crippen LogP contribution >= 0.6 is 0 Å². The summed E-state index contributed by atoms with van der Waals surface area (Å²) in [4.78, 5) is 22.8. The first-order valence-electron chi connectivity index (χ1n) is 6.35. The topological polar surface area (TPSA) is 75.6 Å². The van der Waals surface area contributed by atoms with Crippen LogP contribution in [0.25, 0.3) is 0 Å². The molecular formula is C14H17NO4. The van der Waals surface area contributed by atoms with E-state index < -0.39 is 17.6 Å². The Kier molecular flexibility index (Phi) is 3.46. The molecule has 1 saturated heterocycles. The molecule has 1 aliphatic heterocycles. The first kappa shape index (κ1) is 13.4. The van der Waals surface area contributed by atoms with Gasteiger partial charge in [-0.1, -0.05) is 26.0 Å². The monoisotopic (exact) mass is 263 g/mol. The van der Waals surface area contributed by atoms with Gasteiger partial charge in [-0.25, -0.2) is 4.79 Å². The average molecular weight is 263 g/mol. The molecule has 1 fully saturated rings. The summed E-state index contributed by atoms with van der Waals surface area (Å²) in [5.41, 5.74) is -0.448. The Balaban J connectivity index is 2.23. The van der Waals surface area contributed by atoms with Crippen molar-refractivity contribution in [1.82, 2.24) is 5.32 Å². The smallest absolute Gasteiger partial charge is 0.339 e. The Labute approximate surface area is 111 Å². The highest BCUT2D eigenvalue weighted by Gasteiger charge is 2.54. The highest BCUT2D eigenvalue weighted by molar-refractivity contribution is 5.91. The molecule has 102 valence electrons. The van der Waals surface area contributed by atoms with Crippen molar-refractivity contribution in [3.05, 3.63) is 29.8 Å². The fraction of sp³-hybridized carbons (Fsp3) is 0.429. The van der Waals surface area contributed by atoms with E-state index in [0.29, 0.717) is 12.8 Å². The number of ether oxygens (including phenoxy) is 1. The Morgan fingerprint density at radius 1 is 1.37 bits per heavy atom. The minimum Gasteiger partial charge on any atom is -0.478 e. The molecule has 0 radical (unpaired) electrons. The van der Waals surface area contributed by atoms with E-state index in [2.05, 4.69) is 5.32 Å². The number of amides is 1. The van der Waals surface area contributed by atoms with E-state index in [9.17, 15) is 9.59 Å². The van der Waals surface area contributed by atoms with E-state index in [-0.39, 0.29) is 17.2 Å². The van der Waals surface area contributed by atoms with Gasteiger partial charge in [-0.05, 0) is 25.0 Å². The third kappa shape index (κ3) is 2.05. The van der Waals surface area contributed by atoms with Crippen molar-refractivity contribution in [2.24, 2.45) is 5.41 Å². The van der Waals surface area contributed by atoms with Crippen molar-refractivity contribution in [3.63, 3.8) is 0 Å². The van der Waals surface area contributed by atoms with Gasteiger partial charge in [0.05, 0.1) is 0 Å². The number of aromatic carboxylic acids is 1. The third-order valence-electron chi connectivity index (χ3n) is 3.84. The molecule has 2 rings (SSSR count). The number of hydrogen-bond acceptors (Lipinski definition) is 3. The molecule has 19 heavy (non-hydrogen) atoms. The number of rotatable bonds is 5. The van der Waals surface area contributed by atoms with Crippen molar-refractivity contribution < 1.29 is 19.4 Å². The molecule has 1 atom stereocenters. The van der Waals surface area contributed by atoms with E-state index in [1.165, 1.54) is 6.07 Å². The second-order valence-electron chi connectivity index (χ2n) is 4.64. The summed E-state index contributed by atoms with van der Waals surface area (Å²) in [5, 5.41) is 11.8. The van der Waals surface area contributed by atoms with Crippen LogP contribution in [0.15, 0.2) is 24.3 Å². The maximum Gasteiger partial charge on any atom is 0.339 e. The maximum absolute atomic E-state index is 11.7. The molecule has 5 heteroatoms. The zero-order valence-electron chi connectivity index (χ0n) is 11.0. The van der Waals surface area contributed by atoms with Crippen molar-refractivity contribution in [3.8, 4) is 5.75 Å². The number of carboxylic acid groups (broad SMARTS) is 1. The largest absolute Gasteiger partial charge is 0.478 e. The molecule has 2 N–H and O–H groups in total. The summed E-state index contributed by atoms with van der Waals surface area (Å²) in [5.74, 6) is -0.790. The summed E-state index contributed by atoms with van der Waals surface area (Å²) in [6.07, 6.45) is 0.861. The van der Waals surface area contributed by atoms with Crippen LogP contribution in [-0.4, -0.2) is 23.2 Å². The Bertz CT molecular complexity index is 508. The molecule has 1 aromatic carbocycles. The highest BCUT2D eigenvalue weighted by Crippen LogP contribution is 2.39. The SMILES string of the molecule is CCC1(CC)C(=O)N[C@H]1Oc1ccccc1C(=O)O. The van der Waals surface area contributed by atoms with Crippen molar-refractivity contribution in [2.45, 2.75) is 32.9 Å². The van der Waals surface area contributed by atoms with Gasteiger partial charge in [-0.3, -0.25) is 4.79 Å². The molecule has 0 bridgehead atoms. The minimum absolute atomic E-state index is 0.0321. The zero-order chi connectivity index (χ0) is 14.0. The molecule has 1 aromatic rings. The summed E-state index contributed by atoms with van der Waals surface area (Å²) in [6, 6.07) is 6.44. The molecule has 1 aliphatic rings. The van der Waals surface area contributed by atoms with E-state index in [4.69, 9.17) is 9.84 Å². The lowest BCUT2D eigenvalue weighted by Gasteiger charge is -2.47. The Hall–Kier alpha value is -2.04. The van der Waals surface area contributed by atoms with Crippen molar-refractivity contribution in [1.29, 1.82) is 0 Å². The third-order valence-corrected chi connectivity index (χ3v) is 3.84. The van der Waals surface area contributed by atoms with Crippen LogP contribution in [-0.2, 0) is 4.79 Å². The summed E-state index contributed by atoms with van der Waals surface area (Å²) in [7, 11) is 0. The molecule has 0 saturated carbocycles. The second-order valence-corrected chi connectivity index (χ2v) is 4.64. The van der Waals surface area contributed by atoms with Crippen LogP contribution in [0.1, 0.15) is 37.0 Å². The van der Waals surface area contributed by atoms with Crippen LogP contribution in [0.2, 0.25) is 0 Å². The number of carbonyl (C=O) groups is 2. The van der Waals surface area contributed by atoms with Gasteiger partial charge in [0.1, 0.15) is 16.7 Å². The molecule has 0 unspecified atom stereocenters. The molecule has 5 nitrogen and oxygen atoms in total. The minimum atomic E-state index is -1.04. The Morgan fingerprint density at radius 3 is 2.53 bits per heavy atom. The number of β-lactam (4-membered cyclic amide) rings is 1.